The minimum Gasteiger partial charge on any atom is -0.324 e. The molecular weight excluding hydrogens is 514 g/mol. The van der Waals surface area contributed by atoms with Crippen molar-refractivity contribution in [3.8, 4) is 0 Å². The quantitative estimate of drug-likeness (QED) is 0.381. The summed E-state index contributed by atoms with van der Waals surface area (Å²) in [5, 5.41) is 3.74. The first-order valence-corrected chi connectivity index (χ1v) is 12.3. The van der Waals surface area contributed by atoms with Crippen LogP contribution in [0.1, 0.15) is 11.1 Å². The summed E-state index contributed by atoms with van der Waals surface area (Å²) in [6.07, 6.45) is 0. The topological polar surface area (TPSA) is 66.5 Å². The molecule has 32 heavy (non-hydrogen) atoms. The lowest BCUT2D eigenvalue weighted by Gasteiger charge is -2.23. The highest BCUT2D eigenvalue weighted by Crippen LogP contribution is 2.30. The normalized spacial score (nSPS) is 11.6. The molecule has 0 atom stereocenters. The molecule has 0 aliphatic carbocycles. The summed E-state index contributed by atoms with van der Waals surface area (Å²) < 4.78 is 27.8. The number of nitrogens with zero attached hydrogens (tertiary/aromatic N) is 1. The lowest BCUT2D eigenvalue weighted by Crippen LogP contribution is -2.37. The van der Waals surface area contributed by atoms with E-state index in [1.807, 2.05) is 6.92 Å². The molecule has 3 aromatic carbocycles. The summed E-state index contributed by atoms with van der Waals surface area (Å²) in [6, 6.07) is 15.9. The molecule has 0 saturated carbocycles. The largest absolute Gasteiger partial charge is 0.324 e. The molecule has 0 heterocycles. The van der Waals surface area contributed by atoms with Crippen molar-refractivity contribution in [1.29, 1.82) is 0 Å². The summed E-state index contributed by atoms with van der Waals surface area (Å²) in [5.74, 6) is -0.588. The Hall–Kier alpha value is -1.80. The fourth-order valence-corrected chi connectivity index (χ4v) is 5.07. The lowest BCUT2D eigenvalue weighted by molar-refractivity contribution is -0.116. The van der Waals surface area contributed by atoms with E-state index in [0.717, 1.165) is 9.87 Å². The van der Waals surface area contributed by atoms with Gasteiger partial charge in [0.05, 0.1) is 27.2 Å². The van der Waals surface area contributed by atoms with Crippen molar-refractivity contribution >= 4 is 68.0 Å². The number of sulfonamides is 1. The molecule has 3 rings (SSSR count). The van der Waals surface area contributed by atoms with Crippen molar-refractivity contribution in [2.75, 3.05) is 11.9 Å². The van der Waals surface area contributed by atoms with Gasteiger partial charge in [0.15, 0.2) is 0 Å². The van der Waals surface area contributed by atoms with E-state index in [9.17, 15) is 13.2 Å². The van der Waals surface area contributed by atoms with Gasteiger partial charge in [-0.2, -0.15) is 4.31 Å². The fourth-order valence-electron chi connectivity index (χ4n) is 2.88. The molecule has 0 saturated heterocycles. The fraction of sp³-hybridized carbons (Fsp3) is 0.136. The molecule has 5 nitrogen and oxygen atoms in total. The molecule has 0 aliphatic rings. The first kappa shape index (κ1) is 24.8. The van der Waals surface area contributed by atoms with Gasteiger partial charge in [-0.25, -0.2) is 8.42 Å². The monoisotopic (exact) mass is 530 g/mol. The Bertz CT molecular complexity index is 1250. The molecule has 3 aromatic rings. The zero-order valence-corrected chi connectivity index (χ0v) is 20.6. The van der Waals surface area contributed by atoms with E-state index >= 15 is 0 Å². The Kier molecular flexibility index (Phi) is 8.09. The Balaban J connectivity index is 1.93. The maximum Gasteiger partial charge on any atom is 0.243 e. The van der Waals surface area contributed by atoms with Crippen molar-refractivity contribution in [3.63, 3.8) is 0 Å². The van der Waals surface area contributed by atoms with Crippen LogP contribution >= 0.6 is 46.4 Å². The number of hydrogen-bond acceptors (Lipinski definition) is 3. The highest BCUT2D eigenvalue weighted by atomic mass is 35.5. The van der Waals surface area contributed by atoms with E-state index in [1.54, 1.807) is 42.5 Å². The molecule has 0 fully saturated rings. The number of anilines is 1. The number of hydrogen-bond donors (Lipinski definition) is 1. The molecule has 0 aliphatic heterocycles. The summed E-state index contributed by atoms with van der Waals surface area (Å²) in [6.45, 7) is 1.24. The Labute approximate surface area is 206 Å². The molecule has 1 amide bonds. The second-order valence-corrected chi connectivity index (χ2v) is 10.5. The second kappa shape index (κ2) is 10.4. The van der Waals surface area contributed by atoms with Gasteiger partial charge in [0.25, 0.3) is 0 Å². The number of carbonyl (C=O) groups excluding carboxylic acids is 1. The number of aryl methyl sites for hydroxylation is 1. The predicted octanol–water partition coefficient (Wildman–Crippen LogP) is 6.44. The lowest BCUT2D eigenvalue weighted by atomic mass is 10.2. The highest BCUT2D eigenvalue weighted by molar-refractivity contribution is 7.89. The average Bonchev–Trinajstić information content (AvgIpc) is 2.73. The molecule has 0 radical (unpaired) electrons. The first-order chi connectivity index (χ1) is 15.1. The minimum atomic E-state index is -4.03. The zero-order valence-electron chi connectivity index (χ0n) is 16.8. The third kappa shape index (κ3) is 5.95. The van der Waals surface area contributed by atoms with Crippen LogP contribution in [0, 0.1) is 6.92 Å². The molecule has 0 spiro atoms. The van der Waals surface area contributed by atoms with Crippen LogP contribution in [-0.4, -0.2) is 25.2 Å². The van der Waals surface area contributed by atoms with E-state index in [0.29, 0.717) is 15.6 Å². The van der Waals surface area contributed by atoms with Gasteiger partial charge < -0.3 is 5.32 Å². The van der Waals surface area contributed by atoms with Crippen LogP contribution < -0.4 is 5.32 Å². The summed E-state index contributed by atoms with van der Waals surface area (Å²) in [7, 11) is -4.03. The van der Waals surface area contributed by atoms with Gasteiger partial charge >= 0.3 is 0 Å². The van der Waals surface area contributed by atoms with Crippen LogP contribution in [0.25, 0.3) is 0 Å². The zero-order chi connectivity index (χ0) is 23.5. The Morgan fingerprint density at radius 1 is 0.938 bits per heavy atom. The second-order valence-electron chi connectivity index (χ2n) is 6.97. The van der Waals surface area contributed by atoms with Crippen molar-refractivity contribution < 1.29 is 13.2 Å². The van der Waals surface area contributed by atoms with Gasteiger partial charge in [0.2, 0.25) is 15.9 Å². The standard InChI is InChI=1S/C22H18Cl4N2O3S/c1-14-5-9-17(10-6-14)32(30,31)28(12-15-7-8-16(23)11-19(15)25)13-21(29)27-20-4-2-3-18(24)22(20)26/h2-11H,12-13H2,1H3,(H,27,29). The molecule has 0 bridgehead atoms. The summed E-state index contributed by atoms with van der Waals surface area (Å²) in [4.78, 5) is 12.8. The van der Waals surface area contributed by atoms with Crippen molar-refractivity contribution in [2.24, 2.45) is 0 Å². The number of halogens is 4. The summed E-state index contributed by atoms with van der Waals surface area (Å²) >= 11 is 24.3. The van der Waals surface area contributed by atoms with E-state index in [-0.39, 0.29) is 27.2 Å². The van der Waals surface area contributed by atoms with Gasteiger partial charge in [-0.15, -0.1) is 0 Å². The average molecular weight is 532 g/mol. The van der Waals surface area contributed by atoms with Crippen LogP contribution in [0.4, 0.5) is 5.69 Å². The highest BCUT2D eigenvalue weighted by Gasteiger charge is 2.28. The predicted molar refractivity (Wildman–Crippen MR) is 130 cm³/mol. The first-order valence-electron chi connectivity index (χ1n) is 9.32. The number of rotatable bonds is 7. The SMILES string of the molecule is Cc1ccc(S(=O)(=O)N(CC(=O)Nc2cccc(Cl)c2Cl)Cc2ccc(Cl)cc2Cl)cc1. The van der Waals surface area contributed by atoms with Crippen molar-refractivity contribution in [2.45, 2.75) is 18.4 Å². The smallest absolute Gasteiger partial charge is 0.243 e. The third-order valence-electron chi connectivity index (χ3n) is 4.57. The van der Waals surface area contributed by atoms with Gasteiger partial charge in [-0.1, -0.05) is 76.2 Å². The maximum absolute atomic E-state index is 13.4. The van der Waals surface area contributed by atoms with Crippen LogP contribution in [-0.2, 0) is 21.4 Å². The Morgan fingerprint density at radius 3 is 2.28 bits per heavy atom. The van der Waals surface area contributed by atoms with Crippen LogP contribution in [0.3, 0.4) is 0 Å². The number of amides is 1. The van der Waals surface area contributed by atoms with Crippen molar-refractivity contribution in [1.82, 2.24) is 4.31 Å². The van der Waals surface area contributed by atoms with Gasteiger partial charge in [0.1, 0.15) is 0 Å². The molecule has 168 valence electrons. The molecule has 1 N–H and O–H groups in total. The van der Waals surface area contributed by atoms with E-state index in [4.69, 9.17) is 46.4 Å². The number of benzene rings is 3. The van der Waals surface area contributed by atoms with Crippen LogP contribution in [0.15, 0.2) is 65.6 Å². The molecule has 10 heteroatoms. The van der Waals surface area contributed by atoms with Crippen molar-refractivity contribution in [3.05, 3.63) is 91.9 Å². The number of nitrogens with one attached hydrogen (secondary N) is 1. The molecular formula is C22H18Cl4N2O3S. The summed E-state index contributed by atoms with van der Waals surface area (Å²) in [5.41, 5.74) is 1.69. The van der Waals surface area contributed by atoms with E-state index in [1.165, 1.54) is 18.2 Å². The molecule has 0 unspecified atom stereocenters. The van der Waals surface area contributed by atoms with E-state index < -0.39 is 22.5 Å². The van der Waals surface area contributed by atoms with Gasteiger partial charge in [0, 0.05) is 16.6 Å². The van der Waals surface area contributed by atoms with E-state index in [2.05, 4.69) is 5.32 Å². The number of carbonyl (C=O) groups is 1. The minimum absolute atomic E-state index is 0.0572. The van der Waals surface area contributed by atoms with Gasteiger partial charge in [-0.3, -0.25) is 4.79 Å². The van der Waals surface area contributed by atoms with Gasteiger partial charge in [-0.05, 0) is 48.9 Å². The Morgan fingerprint density at radius 2 is 1.62 bits per heavy atom. The van der Waals surface area contributed by atoms with Crippen LogP contribution in [0.2, 0.25) is 20.1 Å². The maximum atomic E-state index is 13.4. The van der Waals surface area contributed by atoms with Crippen LogP contribution in [0.5, 0.6) is 0 Å². The third-order valence-corrected chi connectivity index (χ3v) is 7.78. The molecule has 0 aromatic heterocycles.